The molecule has 0 aliphatic rings. The second kappa shape index (κ2) is 9.07. The second-order valence-corrected chi connectivity index (χ2v) is 7.45. The Hall–Kier alpha value is -2.89. The number of hydrogen-bond acceptors (Lipinski definition) is 4. The van der Waals surface area contributed by atoms with Gasteiger partial charge in [0.1, 0.15) is 0 Å². The zero-order valence-corrected chi connectivity index (χ0v) is 18.0. The Morgan fingerprint density at radius 3 is 2.62 bits per heavy atom. The number of aryl methyl sites for hydroxylation is 3. The molecule has 0 bridgehead atoms. The maximum Gasteiger partial charge on any atom is 0.242 e. The maximum atomic E-state index is 12.5. The molecule has 0 fully saturated rings. The molecule has 3 aromatic rings. The van der Waals surface area contributed by atoms with Gasteiger partial charge in [-0.1, -0.05) is 37.3 Å². The third kappa shape index (κ3) is 4.42. The van der Waals surface area contributed by atoms with Crippen LogP contribution in [0.3, 0.4) is 0 Å². The molecule has 0 aliphatic heterocycles. The van der Waals surface area contributed by atoms with Gasteiger partial charge in [-0.3, -0.25) is 4.79 Å². The van der Waals surface area contributed by atoms with Crippen LogP contribution in [0.1, 0.15) is 48.1 Å². The molecule has 1 N–H and O–H groups in total. The number of hydrogen-bond donors (Lipinski definition) is 1. The lowest BCUT2D eigenvalue weighted by atomic mass is 9.96. The third-order valence-electron chi connectivity index (χ3n) is 5.63. The van der Waals surface area contributed by atoms with Gasteiger partial charge in [0.05, 0.1) is 12.5 Å². The zero-order valence-electron chi connectivity index (χ0n) is 18.0. The van der Waals surface area contributed by atoms with Crippen molar-refractivity contribution in [1.29, 1.82) is 0 Å². The highest BCUT2D eigenvalue weighted by molar-refractivity contribution is 5.86. The summed E-state index contributed by atoms with van der Waals surface area (Å²) >= 11 is 0. The largest absolute Gasteiger partial charge is 0.479 e. The van der Waals surface area contributed by atoms with Crippen LogP contribution in [-0.4, -0.2) is 34.3 Å². The molecule has 0 saturated carbocycles. The van der Waals surface area contributed by atoms with Crippen molar-refractivity contribution in [3.8, 4) is 5.88 Å². The summed E-state index contributed by atoms with van der Waals surface area (Å²) in [6.07, 6.45) is 2.07. The van der Waals surface area contributed by atoms with Crippen molar-refractivity contribution in [2.45, 2.75) is 46.0 Å². The standard InChI is InChI=1S/C23H30N4O2/c1-6-17(18-10-8-7-9-11-18)14-24-20(28)13-12-19-15(2)21-22(25-16(19)3)27(4)26-23(21)29-5/h7-11,17H,6,12-14H2,1-5H3,(H,24,28)/t17-/m1/s1. The summed E-state index contributed by atoms with van der Waals surface area (Å²) in [6, 6.07) is 10.3. The van der Waals surface area contributed by atoms with Gasteiger partial charge in [0.2, 0.25) is 11.8 Å². The smallest absolute Gasteiger partial charge is 0.242 e. The van der Waals surface area contributed by atoms with Crippen LogP contribution in [0.15, 0.2) is 30.3 Å². The van der Waals surface area contributed by atoms with E-state index in [1.165, 1.54) is 5.56 Å². The number of aromatic nitrogens is 3. The number of rotatable bonds is 8. The molecule has 1 aromatic carbocycles. The van der Waals surface area contributed by atoms with Gasteiger partial charge in [-0.25, -0.2) is 9.67 Å². The Bertz CT molecular complexity index is 995. The third-order valence-corrected chi connectivity index (χ3v) is 5.63. The van der Waals surface area contributed by atoms with E-state index in [1.807, 2.05) is 32.2 Å². The molecule has 0 unspecified atom stereocenters. The Labute approximate surface area is 172 Å². The molecule has 154 valence electrons. The van der Waals surface area contributed by atoms with Crippen LogP contribution < -0.4 is 10.1 Å². The molecule has 0 aliphatic carbocycles. The lowest BCUT2D eigenvalue weighted by molar-refractivity contribution is -0.121. The summed E-state index contributed by atoms with van der Waals surface area (Å²) in [7, 11) is 3.48. The Morgan fingerprint density at radius 2 is 1.97 bits per heavy atom. The number of nitrogens with one attached hydrogen (secondary N) is 1. The molecule has 2 heterocycles. The van der Waals surface area contributed by atoms with Gasteiger partial charge in [-0.05, 0) is 43.4 Å². The summed E-state index contributed by atoms with van der Waals surface area (Å²) in [5, 5.41) is 8.41. The van der Waals surface area contributed by atoms with Crippen LogP contribution in [0.4, 0.5) is 0 Å². The van der Waals surface area contributed by atoms with E-state index in [1.54, 1.807) is 11.8 Å². The molecule has 0 saturated heterocycles. The van der Waals surface area contributed by atoms with Gasteiger partial charge in [0, 0.05) is 31.6 Å². The number of fused-ring (bicyclic) bond motifs is 1. The van der Waals surface area contributed by atoms with Gasteiger partial charge in [0.15, 0.2) is 5.65 Å². The first-order valence-corrected chi connectivity index (χ1v) is 10.1. The monoisotopic (exact) mass is 394 g/mol. The van der Waals surface area contributed by atoms with Crippen molar-refractivity contribution in [2.75, 3.05) is 13.7 Å². The predicted octanol–water partition coefficient (Wildman–Crippen LogP) is 3.84. The van der Waals surface area contributed by atoms with Crippen LogP contribution in [0.5, 0.6) is 5.88 Å². The summed E-state index contributed by atoms with van der Waals surface area (Å²) < 4.78 is 7.15. The minimum absolute atomic E-state index is 0.0661. The van der Waals surface area contributed by atoms with Crippen LogP contribution in [0.2, 0.25) is 0 Å². The molecule has 6 nitrogen and oxygen atoms in total. The highest BCUT2D eigenvalue weighted by Gasteiger charge is 2.18. The van der Waals surface area contributed by atoms with Crippen LogP contribution in [-0.2, 0) is 18.3 Å². The first-order chi connectivity index (χ1) is 14.0. The number of methoxy groups -OCH3 is 1. The van der Waals surface area contributed by atoms with E-state index in [0.29, 0.717) is 31.2 Å². The highest BCUT2D eigenvalue weighted by Crippen LogP contribution is 2.30. The molecule has 29 heavy (non-hydrogen) atoms. The minimum Gasteiger partial charge on any atom is -0.479 e. The lowest BCUT2D eigenvalue weighted by Crippen LogP contribution is -2.28. The van der Waals surface area contributed by atoms with Crippen molar-refractivity contribution < 1.29 is 9.53 Å². The number of ether oxygens (including phenoxy) is 1. The van der Waals surface area contributed by atoms with Crippen molar-refractivity contribution in [3.05, 3.63) is 52.7 Å². The van der Waals surface area contributed by atoms with E-state index in [0.717, 1.165) is 34.3 Å². The molecule has 2 aromatic heterocycles. The average Bonchev–Trinajstić information content (AvgIpc) is 3.04. The van der Waals surface area contributed by atoms with E-state index >= 15 is 0 Å². The van der Waals surface area contributed by atoms with E-state index in [2.05, 4.69) is 36.4 Å². The molecule has 3 rings (SSSR count). The van der Waals surface area contributed by atoms with Crippen molar-refractivity contribution in [3.63, 3.8) is 0 Å². The number of carbonyl (C=O) groups excluding carboxylic acids is 1. The fourth-order valence-corrected chi connectivity index (χ4v) is 3.89. The molecular formula is C23H30N4O2. The van der Waals surface area contributed by atoms with Crippen molar-refractivity contribution in [2.24, 2.45) is 7.05 Å². The average molecular weight is 395 g/mol. The summed E-state index contributed by atoms with van der Waals surface area (Å²) in [5.41, 5.74) is 5.18. The number of nitrogens with zero attached hydrogens (tertiary/aromatic N) is 3. The van der Waals surface area contributed by atoms with Crippen LogP contribution in [0, 0.1) is 13.8 Å². The molecular weight excluding hydrogens is 364 g/mol. The molecule has 1 amide bonds. The van der Waals surface area contributed by atoms with E-state index in [4.69, 9.17) is 9.72 Å². The van der Waals surface area contributed by atoms with E-state index < -0.39 is 0 Å². The summed E-state index contributed by atoms with van der Waals surface area (Å²) in [6.45, 7) is 6.85. The highest BCUT2D eigenvalue weighted by atomic mass is 16.5. The number of carbonyl (C=O) groups is 1. The lowest BCUT2D eigenvalue weighted by Gasteiger charge is -2.16. The summed E-state index contributed by atoms with van der Waals surface area (Å²) in [4.78, 5) is 17.2. The number of pyridine rings is 1. The van der Waals surface area contributed by atoms with Gasteiger partial charge in [-0.15, -0.1) is 5.10 Å². The normalized spacial score (nSPS) is 12.2. The first-order valence-electron chi connectivity index (χ1n) is 10.1. The Kier molecular flexibility index (Phi) is 6.52. The van der Waals surface area contributed by atoms with Gasteiger partial charge < -0.3 is 10.1 Å². The predicted molar refractivity (Wildman–Crippen MR) is 115 cm³/mol. The maximum absolute atomic E-state index is 12.5. The van der Waals surface area contributed by atoms with Crippen LogP contribution in [0.25, 0.3) is 11.0 Å². The minimum atomic E-state index is 0.0661. The van der Waals surface area contributed by atoms with Crippen LogP contribution >= 0.6 is 0 Å². The molecule has 0 spiro atoms. The van der Waals surface area contributed by atoms with Crippen molar-refractivity contribution >= 4 is 16.9 Å². The van der Waals surface area contributed by atoms with E-state index in [9.17, 15) is 4.79 Å². The SMILES string of the molecule is CC[C@H](CNC(=O)CCc1c(C)nc2c(c(OC)nn2C)c1C)c1ccccc1. The van der Waals surface area contributed by atoms with E-state index in [-0.39, 0.29) is 5.91 Å². The van der Waals surface area contributed by atoms with Gasteiger partial charge in [0.25, 0.3) is 0 Å². The zero-order chi connectivity index (χ0) is 21.0. The Balaban J connectivity index is 1.68. The quantitative estimate of drug-likeness (QED) is 0.630. The Morgan fingerprint density at radius 1 is 1.24 bits per heavy atom. The number of benzene rings is 1. The molecule has 0 radical (unpaired) electrons. The van der Waals surface area contributed by atoms with Gasteiger partial charge in [-0.2, -0.15) is 0 Å². The second-order valence-electron chi connectivity index (χ2n) is 7.45. The molecule has 1 atom stereocenters. The first kappa shape index (κ1) is 20.8. The molecule has 6 heteroatoms. The van der Waals surface area contributed by atoms with Crippen molar-refractivity contribution in [1.82, 2.24) is 20.1 Å². The number of amides is 1. The summed E-state index contributed by atoms with van der Waals surface area (Å²) in [5.74, 6) is 0.976. The fraction of sp³-hybridized carbons (Fsp3) is 0.435. The fourth-order valence-electron chi connectivity index (χ4n) is 3.89. The van der Waals surface area contributed by atoms with Gasteiger partial charge >= 0.3 is 0 Å². The topological polar surface area (TPSA) is 69.0 Å².